The van der Waals surface area contributed by atoms with E-state index in [1.807, 2.05) is 39.0 Å². The van der Waals surface area contributed by atoms with Gasteiger partial charge >= 0.3 is 6.09 Å². The topological polar surface area (TPSA) is 50.8 Å². The number of rotatable bonds is 3. The van der Waals surface area contributed by atoms with Crippen molar-refractivity contribution in [3.63, 3.8) is 0 Å². The highest BCUT2D eigenvalue weighted by Gasteiger charge is 2.27. The van der Waals surface area contributed by atoms with Crippen molar-refractivity contribution < 1.29 is 14.3 Å². The number of methoxy groups -OCH3 is 1. The van der Waals surface area contributed by atoms with Crippen molar-refractivity contribution in [2.24, 2.45) is 0 Å². The van der Waals surface area contributed by atoms with Crippen LogP contribution in [-0.4, -0.2) is 42.8 Å². The Hall–Kier alpha value is -1.43. The van der Waals surface area contributed by atoms with Crippen LogP contribution < -0.4 is 10.1 Å². The second kappa shape index (κ2) is 7.43. The molecule has 1 aromatic rings. The first-order valence-corrected chi connectivity index (χ1v) is 8.66. The van der Waals surface area contributed by atoms with Crippen LogP contribution in [0.15, 0.2) is 22.7 Å². The minimum Gasteiger partial charge on any atom is -0.495 e. The number of carbonyl (C=O) groups is 1. The molecule has 0 aromatic heterocycles. The zero-order valence-corrected chi connectivity index (χ0v) is 15.8. The van der Waals surface area contributed by atoms with Crippen LogP contribution >= 0.6 is 15.9 Å². The molecular formula is C17H25BrN2O3. The summed E-state index contributed by atoms with van der Waals surface area (Å²) < 4.78 is 11.7. The van der Waals surface area contributed by atoms with E-state index in [1.54, 1.807) is 12.0 Å². The molecule has 5 nitrogen and oxygen atoms in total. The number of piperidine rings is 1. The van der Waals surface area contributed by atoms with Crippen LogP contribution in [0.5, 0.6) is 5.75 Å². The highest BCUT2D eigenvalue weighted by molar-refractivity contribution is 9.10. The van der Waals surface area contributed by atoms with Gasteiger partial charge in [-0.2, -0.15) is 0 Å². The molecule has 1 saturated heterocycles. The Kier molecular flexibility index (Phi) is 5.79. The molecule has 1 N–H and O–H groups in total. The standard InChI is InChI=1S/C17H25BrN2O3/c1-17(2,3)23-16(21)20-9-5-6-13(11-20)19-12-7-8-14(18)15(10-12)22-4/h7-8,10,13,19H,5-6,9,11H2,1-4H3. The summed E-state index contributed by atoms with van der Waals surface area (Å²) in [6.07, 6.45) is 1.75. The van der Waals surface area contributed by atoms with Gasteiger partial charge in [0.2, 0.25) is 0 Å². The molecule has 0 aliphatic carbocycles. The number of carbonyl (C=O) groups excluding carboxylic acids is 1. The molecule has 1 amide bonds. The van der Waals surface area contributed by atoms with Crippen molar-refractivity contribution in [3.05, 3.63) is 22.7 Å². The van der Waals surface area contributed by atoms with E-state index in [1.165, 1.54) is 0 Å². The predicted octanol–water partition coefficient (Wildman–Crippen LogP) is 4.27. The van der Waals surface area contributed by atoms with E-state index in [4.69, 9.17) is 9.47 Å². The molecule has 23 heavy (non-hydrogen) atoms. The van der Waals surface area contributed by atoms with E-state index >= 15 is 0 Å². The van der Waals surface area contributed by atoms with Gasteiger partial charge in [0, 0.05) is 30.9 Å². The average Bonchev–Trinajstić information content (AvgIpc) is 2.48. The summed E-state index contributed by atoms with van der Waals surface area (Å²) in [7, 11) is 1.65. The predicted molar refractivity (Wildman–Crippen MR) is 95.1 cm³/mol. The van der Waals surface area contributed by atoms with Crippen molar-refractivity contribution >= 4 is 27.7 Å². The van der Waals surface area contributed by atoms with Gasteiger partial charge < -0.3 is 19.7 Å². The third kappa shape index (κ3) is 5.30. The van der Waals surface area contributed by atoms with E-state index in [2.05, 4.69) is 21.2 Å². The summed E-state index contributed by atoms with van der Waals surface area (Å²) in [5.74, 6) is 0.787. The molecule has 1 unspecified atom stereocenters. The van der Waals surface area contributed by atoms with Gasteiger partial charge in [-0.3, -0.25) is 0 Å². The van der Waals surface area contributed by atoms with Gasteiger partial charge in [-0.25, -0.2) is 4.79 Å². The quantitative estimate of drug-likeness (QED) is 0.845. The molecule has 2 rings (SSSR count). The van der Waals surface area contributed by atoms with E-state index in [0.717, 1.165) is 35.3 Å². The number of hydrogen-bond donors (Lipinski definition) is 1. The first kappa shape index (κ1) is 17.9. The maximum Gasteiger partial charge on any atom is 0.410 e. The highest BCUT2D eigenvalue weighted by Crippen LogP contribution is 2.29. The Balaban J connectivity index is 1.97. The van der Waals surface area contributed by atoms with Crippen LogP contribution in [0, 0.1) is 0 Å². The second-order valence-corrected chi connectivity index (χ2v) is 7.61. The van der Waals surface area contributed by atoms with Gasteiger partial charge in [-0.1, -0.05) is 0 Å². The molecule has 0 bridgehead atoms. The van der Waals surface area contributed by atoms with Gasteiger partial charge in [0.25, 0.3) is 0 Å². The second-order valence-electron chi connectivity index (χ2n) is 6.76. The van der Waals surface area contributed by atoms with Gasteiger partial charge in [0.15, 0.2) is 0 Å². The third-order valence-corrected chi connectivity index (χ3v) is 4.25. The highest BCUT2D eigenvalue weighted by atomic mass is 79.9. The van der Waals surface area contributed by atoms with Crippen molar-refractivity contribution in [1.82, 2.24) is 4.90 Å². The molecule has 0 saturated carbocycles. The molecule has 0 spiro atoms. The molecule has 1 aromatic carbocycles. The van der Waals surface area contributed by atoms with Gasteiger partial charge in [-0.05, 0) is 61.7 Å². The van der Waals surface area contributed by atoms with Gasteiger partial charge in [-0.15, -0.1) is 0 Å². The lowest BCUT2D eigenvalue weighted by Gasteiger charge is -2.34. The average molecular weight is 385 g/mol. The fourth-order valence-corrected chi connectivity index (χ4v) is 2.98. The number of hydrogen-bond acceptors (Lipinski definition) is 4. The van der Waals surface area contributed by atoms with Crippen molar-refractivity contribution in [1.29, 1.82) is 0 Å². The van der Waals surface area contributed by atoms with Gasteiger partial charge in [0.05, 0.1) is 11.6 Å². The van der Waals surface area contributed by atoms with Crippen molar-refractivity contribution in [2.45, 2.75) is 45.3 Å². The number of ether oxygens (including phenoxy) is 2. The number of anilines is 1. The summed E-state index contributed by atoms with van der Waals surface area (Å²) in [6, 6.07) is 6.12. The number of nitrogens with zero attached hydrogens (tertiary/aromatic N) is 1. The molecular weight excluding hydrogens is 360 g/mol. The minimum atomic E-state index is -0.462. The zero-order valence-electron chi connectivity index (χ0n) is 14.2. The van der Waals surface area contributed by atoms with Crippen LogP contribution in [-0.2, 0) is 4.74 Å². The summed E-state index contributed by atoms with van der Waals surface area (Å²) in [4.78, 5) is 14.0. The fourth-order valence-electron chi connectivity index (χ4n) is 2.57. The first-order chi connectivity index (χ1) is 10.8. The normalized spacial score (nSPS) is 18.5. The number of benzene rings is 1. The van der Waals surface area contributed by atoms with Crippen LogP contribution in [0.2, 0.25) is 0 Å². The summed E-state index contributed by atoms with van der Waals surface area (Å²) in [5.41, 5.74) is 0.525. The van der Waals surface area contributed by atoms with E-state index in [0.29, 0.717) is 6.54 Å². The Morgan fingerprint density at radius 3 is 2.78 bits per heavy atom. The molecule has 1 aliphatic rings. The summed E-state index contributed by atoms with van der Waals surface area (Å²) in [5, 5.41) is 3.48. The molecule has 1 fully saturated rings. The Morgan fingerprint density at radius 2 is 2.13 bits per heavy atom. The minimum absolute atomic E-state index is 0.210. The number of halogens is 1. The number of likely N-dealkylation sites (tertiary alicyclic amines) is 1. The van der Waals surface area contributed by atoms with E-state index < -0.39 is 5.60 Å². The molecule has 128 valence electrons. The lowest BCUT2D eigenvalue weighted by atomic mass is 10.1. The smallest absolute Gasteiger partial charge is 0.410 e. The SMILES string of the molecule is COc1cc(NC2CCCN(C(=O)OC(C)(C)C)C2)ccc1Br. The Labute approximate surface area is 146 Å². The van der Waals surface area contributed by atoms with Crippen LogP contribution in [0.25, 0.3) is 0 Å². The lowest BCUT2D eigenvalue weighted by molar-refractivity contribution is 0.0206. The molecule has 6 heteroatoms. The molecule has 1 heterocycles. The number of amides is 1. The van der Waals surface area contributed by atoms with E-state index in [9.17, 15) is 4.79 Å². The van der Waals surface area contributed by atoms with Crippen LogP contribution in [0.4, 0.5) is 10.5 Å². The summed E-state index contributed by atoms with van der Waals surface area (Å²) in [6.45, 7) is 7.06. The van der Waals surface area contributed by atoms with E-state index in [-0.39, 0.29) is 12.1 Å². The van der Waals surface area contributed by atoms with Crippen LogP contribution in [0.3, 0.4) is 0 Å². The Morgan fingerprint density at radius 1 is 1.39 bits per heavy atom. The maximum absolute atomic E-state index is 12.2. The third-order valence-electron chi connectivity index (χ3n) is 3.59. The van der Waals surface area contributed by atoms with Gasteiger partial charge in [0.1, 0.15) is 11.4 Å². The monoisotopic (exact) mass is 384 g/mol. The van der Waals surface area contributed by atoms with Crippen LogP contribution in [0.1, 0.15) is 33.6 Å². The largest absolute Gasteiger partial charge is 0.495 e. The molecule has 0 radical (unpaired) electrons. The fraction of sp³-hybridized carbons (Fsp3) is 0.588. The maximum atomic E-state index is 12.2. The molecule has 1 atom stereocenters. The van der Waals surface area contributed by atoms with Crippen molar-refractivity contribution in [2.75, 3.05) is 25.5 Å². The lowest BCUT2D eigenvalue weighted by Crippen LogP contribution is -2.46. The first-order valence-electron chi connectivity index (χ1n) is 7.86. The molecule has 1 aliphatic heterocycles. The number of nitrogens with one attached hydrogen (secondary N) is 1. The Bertz CT molecular complexity index is 557. The van der Waals surface area contributed by atoms with Crippen molar-refractivity contribution in [3.8, 4) is 5.75 Å². The zero-order chi connectivity index (χ0) is 17.0. The summed E-state index contributed by atoms with van der Waals surface area (Å²) >= 11 is 3.45.